The number of rotatable bonds is 11. The van der Waals surface area contributed by atoms with Gasteiger partial charge in [-0.25, -0.2) is 4.79 Å². The van der Waals surface area contributed by atoms with Gasteiger partial charge in [-0.3, -0.25) is 24.0 Å². The van der Waals surface area contributed by atoms with Gasteiger partial charge in [-0.1, -0.05) is 0 Å². The highest BCUT2D eigenvalue weighted by Gasteiger charge is 2.43. The Hall–Kier alpha value is -3.48. The Morgan fingerprint density at radius 3 is 2.06 bits per heavy atom. The summed E-state index contributed by atoms with van der Waals surface area (Å²) in [7, 11) is 0. The number of esters is 5. The number of thiophene rings is 1. The molecule has 0 radical (unpaired) electrons. The van der Waals surface area contributed by atoms with E-state index in [1.54, 1.807) is 6.92 Å². The number of hydrogen-bond donors (Lipinski definition) is 1. The molecule has 0 unspecified atom stereocenters. The maximum atomic E-state index is 13.4. The van der Waals surface area contributed by atoms with E-state index in [1.807, 2.05) is 0 Å². The summed E-state index contributed by atoms with van der Waals surface area (Å²) in [6.07, 6.45) is -2.76. The molecular weight excluding hydrogens is 498 g/mol. The van der Waals surface area contributed by atoms with Crippen LogP contribution in [0.2, 0.25) is 0 Å². The van der Waals surface area contributed by atoms with E-state index in [9.17, 15) is 28.8 Å². The molecule has 1 aromatic rings. The summed E-state index contributed by atoms with van der Waals surface area (Å²) in [5, 5.41) is 2.76. The molecular formula is C23H29NO11S. The molecule has 1 aliphatic rings. The first-order chi connectivity index (χ1) is 16.9. The lowest BCUT2D eigenvalue weighted by atomic mass is 10.1. The zero-order chi connectivity index (χ0) is 27.0. The molecule has 198 valence electrons. The van der Waals surface area contributed by atoms with Gasteiger partial charge >= 0.3 is 29.8 Å². The van der Waals surface area contributed by atoms with Gasteiger partial charge in [-0.2, -0.15) is 0 Å². The van der Waals surface area contributed by atoms with Gasteiger partial charge in [0.05, 0.1) is 12.2 Å². The topological polar surface area (TPSA) is 161 Å². The van der Waals surface area contributed by atoms with E-state index < -0.39 is 60.7 Å². The van der Waals surface area contributed by atoms with Gasteiger partial charge in [-0.05, 0) is 31.7 Å². The van der Waals surface area contributed by atoms with Gasteiger partial charge in [0.1, 0.15) is 11.6 Å². The Kier molecular flexibility index (Phi) is 10.4. The van der Waals surface area contributed by atoms with Gasteiger partial charge in [0.2, 0.25) is 6.10 Å². The fourth-order valence-corrected chi connectivity index (χ4v) is 4.96. The third-order valence-electron chi connectivity index (χ3n) is 4.92. The van der Waals surface area contributed by atoms with Gasteiger partial charge in [0.25, 0.3) is 5.91 Å². The monoisotopic (exact) mass is 527 g/mol. The predicted molar refractivity (Wildman–Crippen MR) is 124 cm³/mol. The number of aryl methyl sites for hydroxylation is 1. The molecule has 3 atom stereocenters. The summed E-state index contributed by atoms with van der Waals surface area (Å²) < 4.78 is 25.6. The van der Waals surface area contributed by atoms with Crippen molar-refractivity contribution < 1.29 is 52.5 Å². The molecule has 1 heterocycles. The minimum absolute atomic E-state index is 0.127. The highest BCUT2D eigenvalue weighted by Crippen LogP contribution is 2.39. The molecule has 0 saturated heterocycles. The Bertz CT molecular complexity index is 1030. The van der Waals surface area contributed by atoms with E-state index in [0.29, 0.717) is 6.42 Å². The third-order valence-corrected chi connectivity index (χ3v) is 6.13. The number of amides is 1. The van der Waals surface area contributed by atoms with Crippen molar-refractivity contribution in [1.29, 1.82) is 0 Å². The average Bonchev–Trinajstić information content (AvgIpc) is 3.33. The normalized spacial score (nSPS) is 14.5. The summed E-state index contributed by atoms with van der Waals surface area (Å²) in [5.41, 5.74) is 0.992. The molecule has 1 N–H and O–H groups in total. The average molecular weight is 528 g/mol. The highest BCUT2D eigenvalue weighted by molar-refractivity contribution is 7.17. The largest absolute Gasteiger partial charge is 0.462 e. The van der Waals surface area contributed by atoms with Crippen LogP contribution in [0.25, 0.3) is 0 Å². The van der Waals surface area contributed by atoms with E-state index >= 15 is 0 Å². The quantitative estimate of drug-likeness (QED) is 0.329. The number of ether oxygens (including phenoxy) is 5. The Balaban J connectivity index is 2.46. The number of anilines is 1. The van der Waals surface area contributed by atoms with Crippen LogP contribution in [-0.4, -0.2) is 67.3 Å². The van der Waals surface area contributed by atoms with E-state index in [1.165, 1.54) is 11.3 Å². The van der Waals surface area contributed by atoms with Crippen molar-refractivity contribution in [2.24, 2.45) is 0 Å². The number of carbonyl (C=O) groups excluding carboxylic acids is 6. The minimum atomic E-state index is -1.82. The third kappa shape index (κ3) is 7.77. The maximum Gasteiger partial charge on any atom is 0.341 e. The number of hydrogen-bond acceptors (Lipinski definition) is 12. The summed E-state index contributed by atoms with van der Waals surface area (Å²) in [5.74, 6) is -4.91. The van der Waals surface area contributed by atoms with Crippen LogP contribution in [0.3, 0.4) is 0 Å². The first kappa shape index (κ1) is 28.8. The maximum absolute atomic E-state index is 13.4. The van der Waals surface area contributed by atoms with E-state index in [0.717, 1.165) is 51.0 Å². The molecule has 0 aliphatic heterocycles. The van der Waals surface area contributed by atoms with Crippen molar-refractivity contribution in [3.05, 3.63) is 16.0 Å². The summed E-state index contributed by atoms with van der Waals surface area (Å²) >= 11 is 1.19. The molecule has 2 rings (SSSR count). The van der Waals surface area contributed by atoms with Gasteiger partial charge in [-0.15, -0.1) is 11.3 Å². The molecule has 1 aliphatic carbocycles. The minimum Gasteiger partial charge on any atom is -0.462 e. The molecule has 0 fully saturated rings. The van der Waals surface area contributed by atoms with E-state index in [2.05, 4.69) is 5.32 Å². The zero-order valence-electron chi connectivity index (χ0n) is 20.7. The van der Waals surface area contributed by atoms with Crippen LogP contribution in [0.1, 0.15) is 61.8 Å². The fourth-order valence-electron chi connectivity index (χ4n) is 3.68. The van der Waals surface area contributed by atoms with E-state index in [4.69, 9.17) is 23.7 Å². The van der Waals surface area contributed by atoms with E-state index in [-0.39, 0.29) is 17.2 Å². The van der Waals surface area contributed by atoms with Crippen molar-refractivity contribution in [2.45, 2.75) is 72.2 Å². The Labute approximate surface area is 211 Å². The first-order valence-electron chi connectivity index (χ1n) is 11.2. The summed E-state index contributed by atoms with van der Waals surface area (Å²) in [6.45, 7) is 5.43. The van der Waals surface area contributed by atoms with Crippen LogP contribution in [0.5, 0.6) is 0 Å². The second-order valence-electron chi connectivity index (χ2n) is 7.83. The number of carbonyl (C=O) groups is 6. The summed E-state index contributed by atoms with van der Waals surface area (Å²) in [6, 6.07) is 0. The summed E-state index contributed by atoms with van der Waals surface area (Å²) in [4.78, 5) is 73.7. The molecule has 0 saturated carbocycles. The van der Waals surface area contributed by atoms with Crippen molar-refractivity contribution in [1.82, 2.24) is 0 Å². The van der Waals surface area contributed by atoms with Crippen LogP contribution < -0.4 is 5.32 Å². The van der Waals surface area contributed by atoms with Gasteiger partial charge in [0, 0.05) is 32.6 Å². The molecule has 0 aromatic carbocycles. The molecule has 1 amide bonds. The van der Waals surface area contributed by atoms with Crippen LogP contribution in [0.4, 0.5) is 5.00 Å². The molecule has 13 heteroatoms. The van der Waals surface area contributed by atoms with Crippen molar-refractivity contribution in [3.8, 4) is 0 Å². The van der Waals surface area contributed by atoms with Crippen molar-refractivity contribution in [2.75, 3.05) is 18.5 Å². The smallest absolute Gasteiger partial charge is 0.341 e. The van der Waals surface area contributed by atoms with Crippen molar-refractivity contribution >= 4 is 52.1 Å². The zero-order valence-corrected chi connectivity index (χ0v) is 21.5. The standard InChI is InChI=1S/C23H29NO11S/c1-6-31-23(30)18-15-8-7-9-17(15)36-22(18)24-21(29)20(35-14(5)28)19(34-13(4)27)16(33-12(3)26)10-32-11(2)25/h16,19-20H,6-10H2,1-5H3,(H,24,29)/t16-,19-,20-/m0/s1. The van der Waals surface area contributed by atoms with Gasteiger partial charge in [0.15, 0.2) is 12.2 Å². The lowest BCUT2D eigenvalue weighted by Crippen LogP contribution is -2.52. The molecule has 36 heavy (non-hydrogen) atoms. The van der Waals surface area contributed by atoms with Crippen LogP contribution in [0.15, 0.2) is 0 Å². The lowest BCUT2D eigenvalue weighted by Gasteiger charge is -2.30. The lowest BCUT2D eigenvalue weighted by molar-refractivity contribution is -0.190. The Morgan fingerprint density at radius 1 is 0.861 bits per heavy atom. The number of nitrogens with one attached hydrogen (secondary N) is 1. The second kappa shape index (κ2) is 13.0. The first-order valence-corrected chi connectivity index (χ1v) is 12.0. The molecule has 12 nitrogen and oxygen atoms in total. The Morgan fingerprint density at radius 2 is 1.50 bits per heavy atom. The number of fused-ring (bicyclic) bond motifs is 1. The molecule has 1 aromatic heterocycles. The van der Waals surface area contributed by atoms with Crippen molar-refractivity contribution in [3.63, 3.8) is 0 Å². The highest BCUT2D eigenvalue weighted by atomic mass is 32.1. The molecule has 0 spiro atoms. The second-order valence-corrected chi connectivity index (χ2v) is 8.93. The molecule has 0 bridgehead atoms. The fraction of sp³-hybridized carbons (Fsp3) is 0.565. The predicted octanol–water partition coefficient (Wildman–Crippen LogP) is 1.71. The van der Waals surface area contributed by atoms with Crippen LogP contribution >= 0.6 is 11.3 Å². The van der Waals surface area contributed by atoms with Gasteiger partial charge < -0.3 is 29.0 Å². The van der Waals surface area contributed by atoms with Crippen LogP contribution in [0, 0.1) is 0 Å². The van der Waals surface area contributed by atoms with Crippen LogP contribution in [-0.2, 0) is 60.5 Å². The SMILES string of the molecule is CCOC(=O)c1c(NC(=O)[C@@H](OC(C)=O)[C@@H](OC(C)=O)[C@H](COC(C)=O)OC(C)=O)sc2c1CCC2.